The van der Waals surface area contributed by atoms with Crippen LogP contribution in [0.1, 0.15) is 11.8 Å². The fourth-order valence-corrected chi connectivity index (χ4v) is 6.09. The molecule has 11 heteroatoms. The van der Waals surface area contributed by atoms with Crippen molar-refractivity contribution in [2.45, 2.75) is 90.4 Å². The first-order valence-electron chi connectivity index (χ1n) is 10.4. The zero-order valence-electron chi connectivity index (χ0n) is 20.0. The lowest BCUT2D eigenvalue weighted by Gasteiger charge is -2.34. The van der Waals surface area contributed by atoms with E-state index in [1.54, 1.807) is 13.1 Å². The topological polar surface area (TPSA) is 91.8 Å². The van der Waals surface area contributed by atoms with Crippen LogP contribution in [0.2, 0.25) is 58.9 Å². The Labute approximate surface area is 182 Å². The maximum atomic E-state index is 12.6. The van der Waals surface area contributed by atoms with Crippen LogP contribution in [0.25, 0.3) is 0 Å². The minimum absolute atomic E-state index is 0.358. The summed E-state index contributed by atoms with van der Waals surface area (Å²) in [6.07, 6.45) is -0.351. The Morgan fingerprint density at radius 3 is 1.97 bits per heavy atom. The third kappa shape index (κ3) is 7.11. The van der Waals surface area contributed by atoms with E-state index in [0.717, 1.165) is 0 Å². The van der Waals surface area contributed by atoms with Crippen LogP contribution in [0.4, 0.5) is 0 Å². The van der Waals surface area contributed by atoms with E-state index < -0.39 is 48.5 Å². The highest BCUT2D eigenvalue weighted by Crippen LogP contribution is 2.36. The van der Waals surface area contributed by atoms with Crippen LogP contribution >= 0.6 is 0 Å². The summed E-state index contributed by atoms with van der Waals surface area (Å²) in [6, 6.07) is 0. The summed E-state index contributed by atoms with van der Waals surface area (Å²) in [6.45, 7) is 21.1. The van der Waals surface area contributed by atoms with Gasteiger partial charge in [0, 0.05) is 11.8 Å². The van der Waals surface area contributed by atoms with E-state index in [1.807, 2.05) is 0 Å². The molecule has 172 valence electrons. The van der Waals surface area contributed by atoms with E-state index in [4.69, 9.17) is 18.0 Å². The lowest BCUT2D eigenvalue weighted by atomic mass is 10.1. The number of nitrogens with zero attached hydrogens (tertiary/aromatic N) is 1. The normalized spacial score (nSPS) is 25.7. The van der Waals surface area contributed by atoms with E-state index in [-0.39, 0.29) is 12.2 Å². The van der Waals surface area contributed by atoms with Crippen LogP contribution in [0, 0.1) is 6.92 Å². The summed E-state index contributed by atoms with van der Waals surface area (Å²) >= 11 is 0. The second kappa shape index (κ2) is 8.96. The van der Waals surface area contributed by atoms with Crippen molar-refractivity contribution in [1.82, 2.24) is 9.55 Å². The van der Waals surface area contributed by atoms with Gasteiger partial charge in [-0.1, -0.05) is 0 Å². The van der Waals surface area contributed by atoms with Crippen molar-refractivity contribution in [1.29, 1.82) is 0 Å². The second-order valence-electron chi connectivity index (χ2n) is 10.9. The molecule has 0 saturated carbocycles. The smallest absolute Gasteiger partial charge is 0.330 e. The van der Waals surface area contributed by atoms with E-state index in [1.165, 1.54) is 4.57 Å². The number of aryl methyl sites for hydroxylation is 1. The standard InChI is InChI=1S/C19H38N2O6Si3/c1-13-11-21(19(23)20-17(13)22)18-16(27-30(8,9)10)15(26-29(5,6)7)14(25-18)12-24-28(2,3)4/h11,14-16,18H,12H2,1-10H3,(H,20,22,23). The van der Waals surface area contributed by atoms with Crippen molar-refractivity contribution in [3.8, 4) is 0 Å². The van der Waals surface area contributed by atoms with Gasteiger partial charge in [0.15, 0.2) is 31.2 Å². The van der Waals surface area contributed by atoms with Gasteiger partial charge in [-0.2, -0.15) is 0 Å². The van der Waals surface area contributed by atoms with Crippen molar-refractivity contribution in [3.05, 3.63) is 32.6 Å². The predicted molar refractivity (Wildman–Crippen MR) is 126 cm³/mol. The van der Waals surface area contributed by atoms with Crippen LogP contribution in [-0.2, 0) is 18.0 Å². The Bertz CT molecular complexity index is 850. The lowest BCUT2D eigenvalue weighted by molar-refractivity contribution is -0.0497. The van der Waals surface area contributed by atoms with Gasteiger partial charge in [0.2, 0.25) is 0 Å². The molecule has 0 radical (unpaired) electrons. The van der Waals surface area contributed by atoms with Gasteiger partial charge in [0.1, 0.15) is 18.3 Å². The van der Waals surface area contributed by atoms with Crippen LogP contribution in [-0.4, -0.2) is 59.4 Å². The van der Waals surface area contributed by atoms with E-state index >= 15 is 0 Å². The molecular weight excluding hydrogens is 436 g/mol. The summed E-state index contributed by atoms with van der Waals surface area (Å²) < 4.78 is 27.0. The van der Waals surface area contributed by atoms with Gasteiger partial charge in [0.25, 0.3) is 5.56 Å². The number of rotatable bonds is 8. The molecule has 0 spiro atoms. The number of ether oxygens (including phenoxy) is 1. The molecule has 2 heterocycles. The fraction of sp³-hybridized carbons (Fsp3) is 0.789. The Morgan fingerprint density at radius 2 is 1.47 bits per heavy atom. The second-order valence-corrected chi connectivity index (χ2v) is 24.3. The first-order valence-corrected chi connectivity index (χ1v) is 20.7. The first-order chi connectivity index (χ1) is 13.5. The van der Waals surface area contributed by atoms with E-state index in [2.05, 4.69) is 63.9 Å². The van der Waals surface area contributed by atoms with Gasteiger partial charge in [-0.25, -0.2) is 4.79 Å². The molecule has 0 aliphatic carbocycles. The molecule has 1 fully saturated rings. The Balaban J connectivity index is 2.51. The Kier molecular flexibility index (Phi) is 7.60. The van der Waals surface area contributed by atoms with Crippen LogP contribution in [0.5, 0.6) is 0 Å². The van der Waals surface area contributed by atoms with Gasteiger partial charge < -0.3 is 18.0 Å². The summed E-state index contributed by atoms with van der Waals surface area (Å²) in [5.41, 5.74) is -0.474. The highest BCUT2D eigenvalue weighted by Gasteiger charge is 2.50. The monoisotopic (exact) mass is 474 g/mol. The predicted octanol–water partition coefficient (Wildman–Crippen LogP) is 3.03. The van der Waals surface area contributed by atoms with Crippen molar-refractivity contribution in [3.63, 3.8) is 0 Å². The molecule has 30 heavy (non-hydrogen) atoms. The minimum Gasteiger partial charge on any atom is -0.415 e. The zero-order chi connectivity index (χ0) is 23.1. The molecule has 1 aliphatic heterocycles. The largest absolute Gasteiger partial charge is 0.415 e. The van der Waals surface area contributed by atoms with Crippen molar-refractivity contribution >= 4 is 25.0 Å². The number of hydrogen-bond donors (Lipinski definition) is 1. The molecule has 1 aromatic heterocycles. The molecule has 0 aromatic carbocycles. The molecule has 8 nitrogen and oxygen atoms in total. The molecular formula is C19H38N2O6Si3. The summed E-state index contributed by atoms with van der Waals surface area (Å²) in [5.74, 6) is 0. The van der Waals surface area contributed by atoms with E-state index in [0.29, 0.717) is 12.2 Å². The summed E-state index contributed by atoms with van der Waals surface area (Å²) in [5, 5.41) is 0. The first kappa shape index (κ1) is 25.4. The summed E-state index contributed by atoms with van der Waals surface area (Å²) in [7, 11) is -5.75. The minimum atomic E-state index is -2.01. The van der Waals surface area contributed by atoms with Gasteiger partial charge >= 0.3 is 5.69 Å². The number of aromatic nitrogens is 2. The molecule has 4 atom stereocenters. The average molecular weight is 475 g/mol. The number of hydrogen-bond acceptors (Lipinski definition) is 6. The molecule has 0 bridgehead atoms. The molecule has 1 aliphatic rings. The van der Waals surface area contributed by atoms with Crippen molar-refractivity contribution < 1.29 is 18.0 Å². The van der Waals surface area contributed by atoms with Crippen LogP contribution in [0.15, 0.2) is 15.8 Å². The lowest BCUT2D eigenvalue weighted by Crippen LogP contribution is -2.49. The third-order valence-electron chi connectivity index (χ3n) is 4.37. The summed E-state index contributed by atoms with van der Waals surface area (Å²) in [4.78, 5) is 26.9. The third-order valence-corrected chi connectivity index (χ3v) is 7.36. The van der Waals surface area contributed by atoms with Gasteiger partial charge in [-0.3, -0.25) is 14.3 Å². The molecule has 1 N–H and O–H groups in total. The molecule has 1 aromatic rings. The Morgan fingerprint density at radius 1 is 0.933 bits per heavy atom. The van der Waals surface area contributed by atoms with Crippen molar-refractivity contribution in [2.75, 3.05) is 6.61 Å². The van der Waals surface area contributed by atoms with Gasteiger partial charge in [0.05, 0.1) is 6.61 Å². The highest BCUT2D eigenvalue weighted by molar-refractivity contribution is 6.70. The van der Waals surface area contributed by atoms with Crippen LogP contribution < -0.4 is 11.2 Å². The number of H-pyrrole nitrogens is 1. The maximum Gasteiger partial charge on any atom is 0.330 e. The molecule has 2 rings (SSSR count). The zero-order valence-corrected chi connectivity index (χ0v) is 23.0. The highest BCUT2D eigenvalue weighted by atomic mass is 28.4. The van der Waals surface area contributed by atoms with E-state index in [9.17, 15) is 9.59 Å². The molecule has 1 saturated heterocycles. The number of aromatic amines is 1. The molecule has 4 unspecified atom stereocenters. The number of nitrogens with one attached hydrogen (secondary N) is 1. The average Bonchev–Trinajstić information content (AvgIpc) is 2.82. The Hall–Kier alpha value is -0.829. The SMILES string of the molecule is Cc1cn(C2OC(CO[Si](C)(C)C)C(O[Si](C)(C)C)C2O[Si](C)(C)C)c(=O)[nH]c1=O. The fourth-order valence-electron chi connectivity index (χ4n) is 3.26. The molecule has 0 amide bonds. The van der Waals surface area contributed by atoms with Gasteiger partial charge in [-0.15, -0.1) is 0 Å². The maximum absolute atomic E-state index is 12.6. The van der Waals surface area contributed by atoms with Crippen LogP contribution in [0.3, 0.4) is 0 Å². The van der Waals surface area contributed by atoms with Crippen molar-refractivity contribution in [2.24, 2.45) is 0 Å². The van der Waals surface area contributed by atoms with Gasteiger partial charge in [-0.05, 0) is 65.8 Å². The quantitative estimate of drug-likeness (QED) is 0.582.